The van der Waals surface area contributed by atoms with Gasteiger partial charge in [0.2, 0.25) is 0 Å². The van der Waals surface area contributed by atoms with E-state index < -0.39 is 6.09 Å². The van der Waals surface area contributed by atoms with E-state index in [4.69, 9.17) is 16.3 Å². The third-order valence-corrected chi connectivity index (χ3v) is 4.96. The lowest BCUT2D eigenvalue weighted by molar-refractivity contribution is 0.139. The van der Waals surface area contributed by atoms with Crippen molar-refractivity contribution in [1.82, 2.24) is 25.2 Å². The number of aromatic amines is 1. The van der Waals surface area contributed by atoms with Gasteiger partial charge in [0, 0.05) is 16.8 Å². The number of hydrogen-bond donors (Lipinski definition) is 2. The van der Waals surface area contributed by atoms with Gasteiger partial charge in [0.05, 0.1) is 11.9 Å². The van der Waals surface area contributed by atoms with Gasteiger partial charge in [-0.05, 0) is 37.8 Å². The number of ether oxygens (including phenoxy) is 1. The van der Waals surface area contributed by atoms with Crippen LogP contribution in [0.5, 0.6) is 0 Å². The van der Waals surface area contributed by atoms with E-state index in [1.54, 1.807) is 42.6 Å². The van der Waals surface area contributed by atoms with Gasteiger partial charge in [0.15, 0.2) is 5.65 Å². The predicted octanol–water partition coefficient (Wildman–Crippen LogP) is 3.75. The van der Waals surface area contributed by atoms with Crippen LogP contribution in [0.3, 0.4) is 0 Å². The maximum absolute atomic E-state index is 11.9. The van der Waals surface area contributed by atoms with Gasteiger partial charge < -0.3 is 19.9 Å². The summed E-state index contributed by atoms with van der Waals surface area (Å²) in [6.07, 6.45) is 0.905. The van der Waals surface area contributed by atoms with E-state index in [-0.39, 0.29) is 18.7 Å². The van der Waals surface area contributed by atoms with Gasteiger partial charge >= 0.3 is 6.09 Å². The molecule has 0 saturated carbocycles. The van der Waals surface area contributed by atoms with Crippen LogP contribution < -0.4 is 10.9 Å². The average Bonchev–Trinajstić information content (AvgIpc) is 2.79. The first-order valence-corrected chi connectivity index (χ1v) is 10.6. The van der Waals surface area contributed by atoms with Crippen LogP contribution in [0.15, 0.2) is 47.4 Å². The Morgan fingerprint density at radius 2 is 1.84 bits per heavy atom. The molecule has 0 aliphatic carbocycles. The van der Waals surface area contributed by atoms with E-state index in [9.17, 15) is 9.59 Å². The normalized spacial score (nSPS) is 10.5. The molecule has 0 atom stereocenters. The molecule has 3 aromatic rings. The zero-order chi connectivity index (χ0) is 22.6. The standard InChI is InChI=1S/C16H13ClN4O3.C6H15N/c17-12-6-2-1-4-10(12)9-24-16(23)19-8-13-20-14-11(15(22)21-13)5-3-7-18-14;1-4-7(5-2)6-3/h1-7H,8-9H2,(H,19,23)(H,18,20,21,22);4-6H2,1-3H3. The quantitative estimate of drug-likeness (QED) is 0.574. The Balaban J connectivity index is 0.000000423. The van der Waals surface area contributed by atoms with Gasteiger partial charge in [-0.2, -0.15) is 0 Å². The van der Waals surface area contributed by atoms with Gasteiger partial charge in [-0.1, -0.05) is 50.6 Å². The number of rotatable bonds is 7. The Morgan fingerprint density at radius 3 is 2.48 bits per heavy atom. The Hall–Kier alpha value is -2.97. The van der Waals surface area contributed by atoms with E-state index in [0.29, 0.717) is 27.4 Å². The van der Waals surface area contributed by atoms with Crippen molar-refractivity contribution in [1.29, 1.82) is 0 Å². The van der Waals surface area contributed by atoms with Crippen molar-refractivity contribution < 1.29 is 9.53 Å². The zero-order valence-electron chi connectivity index (χ0n) is 18.0. The number of benzene rings is 1. The Kier molecular flexibility index (Phi) is 9.93. The van der Waals surface area contributed by atoms with Crippen molar-refractivity contribution in [3.8, 4) is 0 Å². The van der Waals surface area contributed by atoms with Crippen LogP contribution in [0, 0.1) is 0 Å². The van der Waals surface area contributed by atoms with E-state index in [1.165, 1.54) is 19.6 Å². The van der Waals surface area contributed by atoms with Crippen molar-refractivity contribution in [2.75, 3.05) is 19.6 Å². The molecule has 8 nitrogen and oxygen atoms in total. The molecule has 3 rings (SSSR count). The third-order valence-electron chi connectivity index (χ3n) is 4.59. The molecule has 166 valence electrons. The van der Waals surface area contributed by atoms with E-state index in [0.717, 1.165) is 0 Å². The van der Waals surface area contributed by atoms with Crippen molar-refractivity contribution >= 4 is 28.7 Å². The van der Waals surface area contributed by atoms with E-state index in [2.05, 4.69) is 45.9 Å². The first-order valence-electron chi connectivity index (χ1n) is 10.2. The highest BCUT2D eigenvalue weighted by Crippen LogP contribution is 2.15. The van der Waals surface area contributed by atoms with Crippen molar-refractivity contribution in [3.05, 3.63) is 69.4 Å². The molecule has 0 bridgehead atoms. The van der Waals surface area contributed by atoms with Crippen molar-refractivity contribution in [2.24, 2.45) is 0 Å². The van der Waals surface area contributed by atoms with E-state index in [1.807, 2.05) is 0 Å². The Bertz CT molecular complexity index is 1030. The summed E-state index contributed by atoms with van der Waals surface area (Å²) >= 11 is 5.99. The van der Waals surface area contributed by atoms with Crippen LogP contribution in [0.25, 0.3) is 11.0 Å². The molecule has 2 aromatic heterocycles. The third kappa shape index (κ3) is 7.66. The molecule has 0 aliphatic heterocycles. The second-order valence-corrected chi connectivity index (χ2v) is 6.93. The fraction of sp³-hybridized carbons (Fsp3) is 0.364. The van der Waals surface area contributed by atoms with Gasteiger partial charge in [0.1, 0.15) is 12.4 Å². The number of halogens is 1. The highest BCUT2D eigenvalue weighted by Gasteiger charge is 2.08. The summed E-state index contributed by atoms with van der Waals surface area (Å²) in [6, 6.07) is 10.4. The summed E-state index contributed by atoms with van der Waals surface area (Å²) in [5, 5.41) is 3.43. The van der Waals surface area contributed by atoms with Crippen molar-refractivity contribution in [2.45, 2.75) is 33.9 Å². The fourth-order valence-corrected chi connectivity index (χ4v) is 2.93. The van der Waals surface area contributed by atoms with Crippen LogP contribution in [-0.2, 0) is 17.9 Å². The molecule has 0 spiro atoms. The molecule has 0 saturated heterocycles. The molecule has 2 heterocycles. The zero-order valence-corrected chi connectivity index (χ0v) is 18.8. The second kappa shape index (κ2) is 12.7. The number of aromatic nitrogens is 3. The lowest BCUT2D eigenvalue weighted by atomic mass is 10.2. The maximum atomic E-state index is 11.9. The topological polar surface area (TPSA) is 100 Å². The number of fused-ring (bicyclic) bond motifs is 1. The Labute approximate surface area is 186 Å². The van der Waals surface area contributed by atoms with Crippen LogP contribution >= 0.6 is 11.6 Å². The average molecular weight is 446 g/mol. The van der Waals surface area contributed by atoms with Gasteiger partial charge in [-0.3, -0.25) is 4.79 Å². The number of carbonyl (C=O) groups excluding carboxylic acids is 1. The molecule has 0 unspecified atom stereocenters. The molecule has 9 heteroatoms. The van der Waals surface area contributed by atoms with Crippen LogP contribution in [-0.4, -0.2) is 45.6 Å². The Morgan fingerprint density at radius 1 is 1.13 bits per heavy atom. The fourth-order valence-electron chi connectivity index (χ4n) is 2.74. The molecule has 2 N–H and O–H groups in total. The minimum atomic E-state index is -0.640. The lowest BCUT2D eigenvalue weighted by Crippen LogP contribution is -2.26. The summed E-state index contributed by atoms with van der Waals surface area (Å²) < 4.78 is 5.08. The largest absolute Gasteiger partial charge is 0.445 e. The highest BCUT2D eigenvalue weighted by atomic mass is 35.5. The predicted molar refractivity (Wildman–Crippen MR) is 122 cm³/mol. The molecule has 31 heavy (non-hydrogen) atoms. The van der Waals surface area contributed by atoms with Crippen LogP contribution in [0.2, 0.25) is 5.02 Å². The first kappa shape index (κ1) is 24.3. The summed E-state index contributed by atoms with van der Waals surface area (Å²) in [5.41, 5.74) is 0.715. The second-order valence-electron chi connectivity index (χ2n) is 6.53. The van der Waals surface area contributed by atoms with Crippen molar-refractivity contribution in [3.63, 3.8) is 0 Å². The highest BCUT2D eigenvalue weighted by molar-refractivity contribution is 6.31. The summed E-state index contributed by atoms with van der Waals surface area (Å²) in [6.45, 7) is 10.2. The number of pyridine rings is 1. The minimum absolute atomic E-state index is 0.0170. The maximum Gasteiger partial charge on any atom is 0.407 e. The summed E-state index contributed by atoms with van der Waals surface area (Å²) in [5.74, 6) is 0.292. The number of carbonyl (C=O) groups is 1. The molecule has 1 aromatic carbocycles. The van der Waals surface area contributed by atoms with Gasteiger partial charge in [-0.15, -0.1) is 0 Å². The number of alkyl carbamates (subject to hydrolysis) is 1. The molecule has 0 radical (unpaired) electrons. The monoisotopic (exact) mass is 445 g/mol. The number of amides is 1. The number of H-pyrrole nitrogens is 1. The van der Waals surface area contributed by atoms with Gasteiger partial charge in [0.25, 0.3) is 5.56 Å². The molecule has 0 aliphatic rings. The molecular weight excluding hydrogens is 418 g/mol. The number of hydrogen-bond acceptors (Lipinski definition) is 6. The molecular formula is C22H28ClN5O3. The number of nitrogens with one attached hydrogen (secondary N) is 2. The lowest BCUT2D eigenvalue weighted by Gasteiger charge is -2.13. The SMILES string of the molecule is CCN(CC)CC.O=C(NCc1nc2ncccc2c(=O)[nH]1)OCc1ccccc1Cl. The molecule has 0 fully saturated rings. The van der Waals surface area contributed by atoms with Crippen LogP contribution in [0.1, 0.15) is 32.2 Å². The summed E-state index contributed by atoms with van der Waals surface area (Å²) in [7, 11) is 0. The minimum Gasteiger partial charge on any atom is -0.445 e. The number of nitrogens with zero attached hydrogens (tertiary/aromatic N) is 3. The van der Waals surface area contributed by atoms with E-state index >= 15 is 0 Å². The van der Waals surface area contributed by atoms with Gasteiger partial charge in [-0.25, -0.2) is 14.8 Å². The smallest absolute Gasteiger partial charge is 0.407 e. The summed E-state index contributed by atoms with van der Waals surface area (Å²) in [4.78, 5) is 36.8. The molecule has 1 amide bonds. The first-order chi connectivity index (χ1) is 15.0. The van der Waals surface area contributed by atoms with Crippen LogP contribution in [0.4, 0.5) is 4.79 Å².